The van der Waals surface area contributed by atoms with Crippen LogP contribution in [0, 0.1) is 5.92 Å². The fourth-order valence-corrected chi connectivity index (χ4v) is 3.53. The van der Waals surface area contributed by atoms with E-state index in [2.05, 4.69) is 54.4 Å². The molecule has 1 aromatic carbocycles. The highest BCUT2D eigenvalue weighted by Crippen LogP contribution is 2.38. The third-order valence-electron chi connectivity index (χ3n) is 5.19. The van der Waals surface area contributed by atoms with Gasteiger partial charge in [0.1, 0.15) is 0 Å². The lowest BCUT2D eigenvalue weighted by molar-refractivity contribution is 0.0434. The van der Waals surface area contributed by atoms with Gasteiger partial charge in [0.2, 0.25) is 0 Å². The maximum absolute atomic E-state index is 3.83. The van der Waals surface area contributed by atoms with Gasteiger partial charge in [0.25, 0.3) is 0 Å². The number of nitrogens with one attached hydrogen (secondary N) is 1. The minimum absolute atomic E-state index is 0.155. The maximum Gasteiger partial charge on any atom is 0.0558 e. The van der Waals surface area contributed by atoms with E-state index in [0.29, 0.717) is 0 Å². The van der Waals surface area contributed by atoms with E-state index in [1.807, 2.05) is 0 Å². The third-order valence-corrected chi connectivity index (χ3v) is 5.19. The highest BCUT2D eigenvalue weighted by molar-refractivity contribution is 5.25. The molecule has 1 saturated carbocycles. The number of piperazine rings is 1. The topological polar surface area (TPSA) is 15.3 Å². The zero-order valence-corrected chi connectivity index (χ0v) is 12.9. The Morgan fingerprint density at radius 1 is 1.25 bits per heavy atom. The zero-order valence-electron chi connectivity index (χ0n) is 12.9. The summed E-state index contributed by atoms with van der Waals surface area (Å²) < 4.78 is 0. The summed E-state index contributed by atoms with van der Waals surface area (Å²) in [7, 11) is 0. The van der Waals surface area contributed by atoms with E-state index in [1.165, 1.54) is 44.3 Å². The number of benzene rings is 1. The Balaban J connectivity index is 1.79. The van der Waals surface area contributed by atoms with Crippen molar-refractivity contribution in [3.8, 4) is 0 Å². The molecule has 2 atom stereocenters. The summed E-state index contributed by atoms with van der Waals surface area (Å²) in [6.07, 6.45) is 5.45. The van der Waals surface area contributed by atoms with Gasteiger partial charge < -0.3 is 5.32 Å². The van der Waals surface area contributed by atoms with Crippen LogP contribution in [0.3, 0.4) is 0 Å². The Morgan fingerprint density at radius 3 is 2.65 bits per heavy atom. The highest BCUT2D eigenvalue weighted by Gasteiger charge is 2.42. The minimum atomic E-state index is 0.155. The Bertz CT molecular complexity index is 426. The molecular weight excluding hydrogens is 244 g/mol. The van der Waals surface area contributed by atoms with Gasteiger partial charge in [-0.3, -0.25) is 4.90 Å². The fourth-order valence-electron chi connectivity index (χ4n) is 3.53. The van der Waals surface area contributed by atoms with Crippen molar-refractivity contribution < 1.29 is 0 Å². The molecule has 2 heteroatoms. The van der Waals surface area contributed by atoms with E-state index < -0.39 is 0 Å². The van der Waals surface area contributed by atoms with Crippen LogP contribution in [0.25, 0.3) is 0 Å². The predicted molar refractivity (Wildman–Crippen MR) is 84.8 cm³/mol. The van der Waals surface area contributed by atoms with Gasteiger partial charge in [-0.15, -0.1) is 0 Å². The molecule has 1 N–H and O–H groups in total. The van der Waals surface area contributed by atoms with Gasteiger partial charge in [-0.05, 0) is 44.2 Å². The average Bonchev–Trinajstić information content (AvgIpc) is 3.32. The molecule has 0 amide bonds. The van der Waals surface area contributed by atoms with Gasteiger partial charge in [0.05, 0.1) is 5.54 Å². The number of unbranched alkanes of at least 4 members (excludes halogenated alkanes) is 1. The SMILES string of the molecule is CCCCN1CC(C2CC2)NCC1(C)c1ccccc1. The second kappa shape index (κ2) is 5.87. The summed E-state index contributed by atoms with van der Waals surface area (Å²) in [4.78, 5) is 2.74. The molecule has 1 aliphatic carbocycles. The molecule has 1 saturated heterocycles. The summed E-state index contributed by atoms with van der Waals surface area (Å²) in [5.74, 6) is 0.944. The van der Waals surface area contributed by atoms with Crippen LogP contribution in [-0.2, 0) is 5.54 Å². The third kappa shape index (κ3) is 2.77. The predicted octanol–water partition coefficient (Wildman–Crippen LogP) is 3.39. The van der Waals surface area contributed by atoms with E-state index in [9.17, 15) is 0 Å². The van der Waals surface area contributed by atoms with Crippen LogP contribution in [-0.4, -0.2) is 30.6 Å². The number of hydrogen-bond acceptors (Lipinski definition) is 2. The van der Waals surface area contributed by atoms with Crippen LogP contribution in [0.1, 0.15) is 45.1 Å². The molecule has 2 nitrogen and oxygen atoms in total. The summed E-state index contributed by atoms with van der Waals surface area (Å²) in [5.41, 5.74) is 1.61. The van der Waals surface area contributed by atoms with E-state index in [-0.39, 0.29) is 5.54 Å². The second-order valence-corrected chi connectivity index (χ2v) is 6.76. The van der Waals surface area contributed by atoms with Crippen molar-refractivity contribution in [2.45, 2.75) is 51.1 Å². The Labute approximate surface area is 123 Å². The van der Waals surface area contributed by atoms with E-state index in [1.54, 1.807) is 0 Å². The molecule has 0 bridgehead atoms. The fraction of sp³-hybridized carbons (Fsp3) is 0.667. The Kier molecular flexibility index (Phi) is 4.13. The van der Waals surface area contributed by atoms with Gasteiger partial charge in [-0.25, -0.2) is 0 Å². The number of hydrogen-bond donors (Lipinski definition) is 1. The summed E-state index contributed by atoms with van der Waals surface area (Å²) in [6.45, 7) is 8.24. The van der Waals surface area contributed by atoms with Crippen molar-refractivity contribution in [1.82, 2.24) is 10.2 Å². The first-order chi connectivity index (χ1) is 9.74. The highest BCUT2D eigenvalue weighted by atomic mass is 15.3. The molecule has 0 spiro atoms. The van der Waals surface area contributed by atoms with Crippen LogP contribution in [0.5, 0.6) is 0 Å². The molecule has 0 radical (unpaired) electrons. The number of nitrogens with zero attached hydrogens (tertiary/aromatic N) is 1. The first-order valence-electron chi connectivity index (χ1n) is 8.28. The van der Waals surface area contributed by atoms with Gasteiger partial charge in [0.15, 0.2) is 0 Å². The molecule has 2 unspecified atom stereocenters. The lowest BCUT2D eigenvalue weighted by Crippen LogP contribution is -2.62. The van der Waals surface area contributed by atoms with Gasteiger partial charge >= 0.3 is 0 Å². The van der Waals surface area contributed by atoms with Crippen LogP contribution >= 0.6 is 0 Å². The molecule has 1 aliphatic heterocycles. The molecule has 0 aromatic heterocycles. The van der Waals surface area contributed by atoms with Gasteiger partial charge in [0, 0.05) is 19.1 Å². The van der Waals surface area contributed by atoms with Crippen LogP contribution in [0.2, 0.25) is 0 Å². The Hall–Kier alpha value is -0.860. The van der Waals surface area contributed by atoms with E-state index in [0.717, 1.165) is 18.5 Å². The van der Waals surface area contributed by atoms with Crippen LogP contribution in [0.4, 0.5) is 0 Å². The molecule has 2 fully saturated rings. The molecule has 110 valence electrons. The second-order valence-electron chi connectivity index (χ2n) is 6.76. The molecular formula is C18H28N2. The Morgan fingerprint density at radius 2 is 2.00 bits per heavy atom. The average molecular weight is 272 g/mol. The number of rotatable bonds is 5. The van der Waals surface area contributed by atoms with Crippen molar-refractivity contribution in [1.29, 1.82) is 0 Å². The summed E-state index contributed by atoms with van der Waals surface area (Å²) >= 11 is 0. The molecule has 3 rings (SSSR count). The maximum atomic E-state index is 3.83. The quantitative estimate of drug-likeness (QED) is 0.884. The van der Waals surface area contributed by atoms with Crippen molar-refractivity contribution >= 4 is 0 Å². The van der Waals surface area contributed by atoms with E-state index in [4.69, 9.17) is 0 Å². The van der Waals surface area contributed by atoms with Crippen LogP contribution in [0.15, 0.2) is 30.3 Å². The van der Waals surface area contributed by atoms with Crippen molar-refractivity contribution in [3.63, 3.8) is 0 Å². The molecule has 1 aromatic rings. The summed E-state index contributed by atoms with van der Waals surface area (Å²) in [5, 5.41) is 3.83. The molecule has 20 heavy (non-hydrogen) atoms. The smallest absolute Gasteiger partial charge is 0.0558 e. The summed E-state index contributed by atoms with van der Waals surface area (Å²) in [6, 6.07) is 11.8. The molecule has 2 aliphatic rings. The van der Waals surface area contributed by atoms with Crippen molar-refractivity contribution in [2.24, 2.45) is 5.92 Å². The van der Waals surface area contributed by atoms with Gasteiger partial charge in [-0.1, -0.05) is 43.7 Å². The standard InChI is InChI=1S/C18H28N2/c1-3-4-12-20-13-17(15-10-11-15)19-14-18(20,2)16-8-6-5-7-9-16/h5-9,15,17,19H,3-4,10-14H2,1-2H3. The lowest BCUT2D eigenvalue weighted by Gasteiger charge is -2.49. The largest absolute Gasteiger partial charge is 0.310 e. The van der Waals surface area contributed by atoms with Crippen molar-refractivity contribution in [2.75, 3.05) is 19.6 Å². The van der Waals surface area contributed by atoms with Gasteiger partial charge in [-0.2, -0.15) is 0 Å². The molecule has 1 heterocycles. The minimum Gasteiger partial charge on any atom is -0.310 e. The lowest BCUT2D eigenvalue weighted by atomic mass is 9.86. The van der Waals surface area contributed by atoms with Crippen molar-refractivity contribution in [3.05, 3.63) is 35.9 Å². The normalized spacial score (nSPS) is 31.4. The van der Waals surface area contributed by atoms with E-state index >= 15 is 0 Å². The monoisotopic (exact) mass is 272 g/mol. The zero-order chi connectivity index (χ0) is 14.0. The first-order valence-corrected chi connectivity index (χ1v) is 8.28. The first kappa shape index (κ1) is 14.1. The van der Waals surface area contributed by atoms with Crippen LogP contribution < -0.4 is 5.32 Å².